The first-order valence-electron chi connectivity index (χ1n) is 8.19. The largest absolute Gasteiger partial charge is 0.389 e. The highest BCUT2D eigenvalue weighted by molar-refractivity contribution is 4.79. The lowest BCUT2D eigenvalue weighted by atomic mass is 10.1. The van der Waals surface area contributed by atoms with Crippen LogP contribution in [0.4, 0.5) is 0 Å². The number of unbranched alkanes of at least 4 members (excludes halogenated alkanes) is 4. The van der Waals surface area contributed by atoms with Gasteiger partial charge in [-0.2, -0.15) is 0 Å². The molecule has 126 valence electrons. The van der Waals surface area contributed by atoms with Gasteiger partial charge in [-0.05, 0) is 12.8 Å². The molecular weight excluding hydrogens is 264 g/mol. The zero-order chi connectivity index (χ0) is 16.3. The molecule has 0 radical (unpaired) electrons. The molecule has 0 saturated heterocycles. The summed E-state index contributed by atoms with van der Waals surface area (Å²) < 4.78 is 10.2. The maximum absolute atomic E-state index is 8.97. The van der Waals surface area contributed by atoms with E-state index >= 15 is 0 Å². The zero-order valence-corrected chi connectivity index (χ0v) is 14.4. The van der Waals surface area contributed by atoms with Crippen LogP contribution >= 0.6 is 0 Å². The van der Waals surface area contributed by atoms with Crippen molar-refractivity contribution in [3.63, 3.8) is 0 Å². The average Bonchev–Trinajstić information content (AvgIpc) is 2.51. The summed E-state index contributed by atoms with van der Waals surface area (Å²) in [6, 6.07) is 0. The summed E-state index contributed by atoms with van der Waals surface area (Å²) in [6.07, 6.45) is 12.5. The quantitative estimate of drug-likeness (QED) is 0.300. The van der Waals surface area contributed by atoms with Crippen molar-refractivity contribution in [2.45, 2.75) is 77.4 Å². The van der Waals surface area contributed by atoms with E-state index in [9.17, 15) is 0 Å². The highest BCUT2D eigenvalue weighted by Gasteiger charge is 2.02. The van der Waals surface area contributed by atoms with Gasteiger partial charge in [0, 0.05) is 7.11 Å². The monoisotopic (exact) mass is 300 g/mol. The Morgan fingerprint density at radius 2 is 1.52 bits per heavy atom. The summed E-state index contributed by atoms with van der Waals surface area (Å²) in [4.78, 5) is 0. The number of ether oxygens (including phenoxy) is 2. The fourth-order valence-corrected chi connectivity index (χ4v) is 1.74. The van der Waals surface area contributed by atoms with Crippen LogP contribution in [0.15, 0.2) is 25.3 Å². The smallest absolute Gasteiger partial charge is 0.147 e. The summed E-state index contributed by atoms with van der Waals surface area (Å²) >= 11 is 0. The van der Waals surface area contributed by atoms with E-state index in [0.29, 0.717) is 6.79 Å². The summed E-state index contributed by atoms with van der Waals surface area (Å²) in [5, 5.41) is 8.97. The summed E-state index contributed by atoms with van der Waals surface area (Å²) in [6.45, 7) is 11.9. The number of rotatable bonds is 13. The van der Waals surface area contributed by atoms with Crippen molar-refractivity contribution < 1.29 is 14.6 Å². The van der Waals surface area contributed by atoms with Crippen LogP contribution in [0.1, 0.15) is 65.2 Å². The second-order valence-corrected chi connectivity index (χ2v) is 5.14. The van der Waals surface area contributed by atoms with Crippen molar-refractivity contribution in [2.75, 3.05) is 13.9 Å². The number of methoxy groups -OCH3 is 1. The highest BCUT2D eigenvalue weighted by Crippen LogP contribution is 2.07. The minimum absolute atomic E-state index is 0.163. The first kappa shape index (κ1) is 22.6. The Morgan fingerprint density at radius 1 is 0.952 bits per heavy atom. The van der Waals surface area contributed by atoms with E-state index in [-0.39, 0.29) is 12.2 Å². The van der Waals surface area contributed by atoms with E-state index in [1.54, 1.807) is 13.2 Å². The molecule has 0 aromatic carbocycles. The molecule has 0 aliphatic heterocycles. The molecule has 3 heteroatoms. The van der Waals surface area contributed by atoms with Crippen LogP contribution in [0.25, 0.3) is 0 Å². The van der Waals surface area contributed by atoms with Gasteiger partial charge in [0.25, 0.3) is 0 Å². The van der Waals surface area contributed by atoms with Gasteiger partial charge in [0.15, 0.2) is 0 Å². The molecule has 0 aliphatic rings. The predicted molar refractivity (Wildman–Crippen MR) is 91.4 cm³/mol. The van der Waals surface area contributed by atoms with Crippen molar-refractivity contribution in [1.29, 1.82) is 0 Å². The minimum atomic E-state index is -0.281. The fourth-order valence-electron chi connectivity index (χ4n) is 1.74. The third-order valence-corrected chi connectivity index (χ3v) is 3.13. The van der Waals surface area contributed by atoms with Gasteiger partial charge in [0.2, 0.25) is 0 Å². The van der Waals surface area contributed by atoms with E-state index in [2.05, 4.69) is 27.0 Å². The normalized spacial score (nSPS) is 13.0. The predicted octanol–water partition coefficient (Wildman–Crippen LogP) is 4.86. The Kier molecular flexibility index (Phi) is 20.9. The molecule has 0 fully saturated rings. The second-order valence-electron chi connectivity index (χ2n) is 5.14. The molecule has 0 saturated carbocycles. The maximum atomic E-state index is 8.97. The van der Waals surface area contributed by atoms with Gasteiger partial charge in [0.05, 0.1) is 12.2 Å². The first-order valence-corrected chi connectivity index (χ1v) is 8.19. The van der Waals surface area contributed by atoms with Gasteiger partial charge < -0.3 is 14.6 Å². The van der Waals surface area contributed by atoms with Crippen molar-refractivity contribution in [1.82, 2.24) is 0 Å². The molecule has 0 aromatic rings. The van der Waals surface area contributed by atoms with E-state index in [0.717, 1.165) is 19.3 Å². The van der Waals surface area contributed by atoms with Gasteiger partial charge in [-0.3, -0.25) is 0 Å². The summed E-state index contributed by atoms with van der Waals surface area (Å²) in [5.74, 6) is 0. The Morgan fingerprint density at radius 3 is 1.95 bits per heavy atom. The van der Waals surface area contributed by atoms with Crippen molar-refractivity contribution in [3.8, 4) is 0 Å². The maximum Gasteiger partial charge on any atom is 0.147 e. The molecule has 2 atom stereocenters. The van der Waals surface area contributed by atoms with Crippen molar-refractivity contribution in [2.24, 2.45) is 0 Å². The van der Waals surface area contributed by atoms with Gasteiger partial charge in [-0.15, -0.1) is 13.2 Å². The minimum Gasteiger partial charge on any atom is -0.389 e. The Hall–Kier alpha value is -0.640. The topological polar surface area (TPSA) is 38.7 Å². The summed E-state index contributed by atoms with van der Waals surface area (Å²) in [7, 11) is 1.63. The third-order valence-electron chi connectivity index (χ3n) is 3.13. The molecule has 0 aromatic heterocycles. The van der Waals surface area contributed by atoms with Crippen LogP contribution in [-0.2, 0) is 9.47 Å². The molecule has 0 amide bonds. The lowest BCUT2D eigenvalue weighted by Gasteiger charge is -2.12. The molecular formula is C18H36O3. The van der Waals surface area contributed by atoms with Crippen LogP contribution in [0, 0.1) is 0 Å². The Bertz CT molecular complexity index is 217. The summed E-state index contributed by atoms with van der Waals surface area (Å²) in [5.41, 5.74) is 0. The van der Waals surface area contributed by atoms with E-state index in [1.165, 1.54) is 32.1 Å². The molecule has 1 N–H and O–H groups in total. The van der Waals surface area contributed by atoms with Gasteiger partial charge in [-0.25, -0.2) is 0 Å². The first-order chi connectivity index (χ1) is 10.2. The number of hydrogen-bond donors (Lipinski definition) is 1. The van der Waals surface area contributed by atoms with Gasteiger partial charge in [0.1, 0.15) is 6.79 Å². The standard InChI is InChI=1S/C10H20O2.C8H16O/c1-4-6-7-8-10(5-2)12-9-11-3;1-3-5-6-7-8(9)4-2/h5,10H,2,4,6-9H2,1,3H3;4,8-9H,2-3,5-7H2,1H3. The number of aliphatic hydroxyl groups excluding tert-OH is 1. The molecule has 0 spiro atoms. The lowest BCUT2D eigenvalue weighted by molar-refractivity contribution is -0.0578. The molecule has 0 heterocycles. The van der Waals surface area contributed by atoms with Crippen LogP contribution in [0.2, 0.25) is 0 Å². The Labute approximate surface area is 132 Å². The zero-order valence-electron chi connectivity index (χ0n) is 14.4. The molecule has 0 bridgehead atoms. The van der Waals surface area contributed by atoms with E-state index < -0.39 is 0 Å². The van der Waals surface area contributed by atoms with Gasteiger partial charge in [-0.1, -0.05) is 64.5 Å². The van der Waals surface area contributed by atoms with E-state index in [4.69, 9.17) is 14.6 Å². The molecule has 3 nitrogen and oxygen atoms in total. The molecule has 0 rings (SSSR count). The lowest BCUT2D eigenvalue weighted by Crippen LogP contribution is -2.11. The van der Waals surface area contributed by atoms with Crippen LogP contribution < -0.4 is 0 Å². The van der Waals surface area contributed by atoms with E-state index in [1.807, 2.05) is 6.08 Å². The fraction of sp³-hybridized carbons (Fsp3) is 0.778. The second kappa shape index (κ2) is 19.4. The van der Waals surface area contributed by atoms with Crippen molar-refractivity contribution >= 4 is 0 Å². The Balaban J connectivity index is 0. The van der Waals surface area contributed by atoms with Crippen LogP contribution in [-0.4, -0.2) is 31.2 Å². The molecule has 21 heavy (non-hydrogen) atoms. The molecule has 0 aliphatic carbocycles. The van der Waals surface area contributed by atoms with Crippen molar-refractivity contribution in [3.05, 3.63) is 25.3 Å². The average molecular weight is 300 g/mol. The number of hydrogen-bond acceptors (Lipinski definition) is 3. The van der Waals surface area contributed by atoms with Gasteiger partial charge >= 0.3 is 0 Å². The SMILES string of the molecule is C=CC(CCCCC)OCOC.C=CC(O)CCCCC. The van der Waals surface area contributed by atoms with Crippen LogP contribution in [0.3, 0.4) is 0 Å². The van der Waals surface area contributed by atoms with Crippen LogP contribution in [0.5, 0.6) is 0 Å². The number of aliphatic hydroxyl groups is 1. The highest BCUT2D eigenvalue weighted by atomic mass is 16.7. The third kappa shape index (κ3) is 19.4. The molecule has 2 unspecified atom stereocenters.